The van der Waals surface area contributed by atoms with Crippen molar-refractivity contribution < 1.29 is 4.39 Å². The molecule has 0 aromatic rings. The number of halogens is 1. The molecule has 0 nitrogen and oxygen atoms in total. The largest absolute Gasteiger partial charge is 0.247 e. The maximum Gasteiger partial charge on any atom is 0.108 e. The molecule has 0 aromatic heterocycles. The third-order valence-corrected chi connectivity index (χ3v) is 2.82. The summed E-state index contributed by atoms with van der Waals surface area (Å²) in [5.41, 5.74) is 0. The van der Waals surface area contributed by atoms with Gasteiger partial charge in [0.2, 0.25) is 0 Å². The van der Waals surface area contributed by atoms with E-state index in [0.29, 0.717) is 5.92 Å². The molecule has 15 heavy (non-hydrogen) atoms. The predicted molar refractivity (Wildman–Crippen MR) is 66.9 cm³/mol. The Balaban J connectivity index is 3.12. The second kappa shape index (κ2) is 11.7. The zero-order valence-corrected chi connectivity index (χ0v) is 10.5. The second-order valence-electron chi connectivity index (χ2n) is 4.47. The first kappa shape index (κ1) is 14.7. The second-order valence-corrected chi connectivity index (χ2v) is 4.47. The van der Waals surface area contributed by atoms with Crippen molar-refractivity contribution >= 4 is 0 Å². The van der Waals surface area contributed by atoms with E-state index >= 15 is 0 Å². The Morgan fingerprint density at radius 3 is 2.20 bits per heavy atom. The average Bonchev–Trinajstić information content (AvgIpc) is 2.25. The normalized spacial score (nSPS) is 13.5. The van der Waals surface area contributed by atoms with Crippen LogP contribution in [-0.2, 0) is 0 Å². The number of hydrogen-bond acceptors (Lipinski definition) is 0. The first-order chi connectivity index (χ1) is 7.31. The zero-order valence-electron chi connectivity index (χ0n) is 10.5. The third-order valence-electron chi connectivity index (χ3n) is 2.82. The van der Waals surface area contributed by atoms with Crippen molar-refractivity contribution in [3.63, 3.8) is 0 Å². The Bertz CT molecular complexity index is 140. The number of unbranched alkanes of at least 4 members (excludes halogenated alkanes) is 6. The van der Waals surface area contributed by atoms with Crippen LogP contribution in [0.25, 0.3) is 0 Å². The molecule has 0 radical (unpaired) electrons. The molecular formula is C14H27F. The summed E-state index contributed by atoms with van der Waals surface area (Å²) in [4.78, 5) is 0. The van der Waals surface area contributed by atoms with Gasteiger partial charge >= 0.3 is 0 Å². The summed E-state index contributed by atoms with van der Waals surface area (Å²) in [6, 6.07) is 0. The minimum absolute atomic E-state index is 0.318. The highest BCUT2D eigenvalue weighted by molar-refractivity contribution is 4.85. The first-order valence-corrected chi connectivity index (χ1v) is 6.53. The fourth-order valence-corrected chi connectivity index (χ4v) is 1.80. The van der Waals surface area contributed by atoms with E-state index in [1.54, 1.807) is 6.08 Å². The van der Waals surface area contributed by atoms with Crippen LogP contribution in [0.1, 0.15) is 65.2 Å². The van der Waals surface area contributed by atoms with Gasteiger partial charge in [-0.25, -0.2) is 4.39 Å². The van der Waals surface area contributed by atoms with Crippen LogP contribution in [0.5, 0.6) is 0 Å². The van der Waals surface area contributed by atoms with Crippen LogP contribution >= 0.6 is 0 Å². The van der Waals surface area contributed by atoms with Gasteiger partial charge in [-0.05, 0) is 12.3 Å². The fourth-order valence-electron chi connectivity index (χ4n) is 1.80. The molecule has 0 fully saturated rings. The molecule has 0 aliphatic heterocycles. The van der Waals surface area contributed by atoms with Gasteiger partial charge in [0.15, 0.2) is 0 Å². The van der Waals surface area contributed by atoms with Crippen LogP contribution in [0.4, 0.5) is 4.39 Å². The van der Waals surface area contributed by atoms with Crippen LogP contribution < -0.4 is 0 Å². The van der Waals surface area contributed by atoms with Crippen LogP contribution in [0, 0.1) is 5.92 Å². The highest BCUT2D eigenvalue weighted by atomic mass is 19.1. The zero-order chi connectivity index (χ0) is 11.4. The minimum atomic E-state index is -0.318. The Labute approximate surface area is 95.0 Å². The molecular weight excluding hydrogens is 187 g/mol. The molecule has 0 aromatic carbocycles. The molecule has 0 N–H and O–H groups in total. The molecule has 1 heteroatoms. The Morgan fingerprint density at radius 2 is 1.60 bits per heavy atom. The fraction of sp³-hybridized carbons (Fsp3) is 0.857. The van der Waals surface area contributed by atoms with Crippen molar-refractivity contribution in [1.29, 1.82) is 0 Å². The summed E-state index contributed by atoms with van der Waals surface area (Å²) in [5, 5.41) is 0. The van der Waals surface area contributed by atoms with Crippen molar-refractivity contribution in [2.45, 2.75) is 65.2 Å². The molecule has 0 spiro atoms. The van der Waals surface area contributed by atoms with Crippen LogP contribution in [0.3, 0.4) is 0 Å². The van der Waals surface area contributed by atoms with E-state index in [0.717, 1.165) is 0 Å². The summed E-state index contributed by atoms with van der Waals surface area (Å²) in [7, 11) is 0. The van der Waals surface area contributed by atoms with E-state index in [2.05, 4.69) is 13.8 Å². The minimum Gasteiger partial charge on any atom is -0.247 e. The van der Waals surface area contributed by atoms with E-state index in [-0.39, 0.29) is 6.67 Å². The van der Waals surface area contributed by atoms with Gasteiger partial charge in [-0.2, -0.15) is 0 Å². The van der Waals surface area contributed by atoms with Crippen molar-refractivity contribution in [3.8, 4) is 0 Å². The maximum atomic E-state index is 11.8. The lowest BCUT2D eigenvalue weighted by Gasteiger charge is -2.05. The van der Waals surface area contributed by atoms with Crippen molar-refractivity contribution in [2.24, 2.45) is 5.92 Å². The number of hydrogen-bond donors (Lipinski definition) is 0. The Kier molecular flexibility index (Phi) is 11.5. The quantitative estimate of drug-likeness (QED) is 0.342. The molecule has 90 valence electrons. The first-order valence-electron chi connectivity index (χ1n) is 6.53. The molecule has 0 heterocycles. The molecule has 0 saturated carbocycles. The van der Waals surface area contributed by atoms with E-state index in [4.69, 9.17) is 0 Å². The van der Waals surface area contributed by atoms with Gasteiger partial charge in [-0.3, -0.25) is 0 Å². The van der Waals surface area contributed by atoms with Crippen LogP contribution in [0.15, 0.2) is 12.2 Å². The Morgan fingerprint density at radius 1 is 1.00 bits per heavy atom. The molecule has 0 saturated heterocycles. The number of rotatable bonds is 10. The maximum absolute atomic E-state index is 11.8. The molecule has 1 atom stereocenters. The van der Waals surface area contributed by atoms with Crippen LogP contribution in [0.2, 0.25) is 0 Å². The van der Waals surface area contributed by atoms with E-state index in [1.165, 1.54) is 51.4 Å². The summed E-state index contributed by atoms with van der Waals surface area (Å²) in [6.45, 7) is 4.10. The predicted octanol–water partition coefficient (Wildman–Crippen LogP) is 5.29. The summed E-state index contributed by atoms with van der Waals surface area (Å²) in [6.07, 6.45) is 14.4. The lowest BCUT2D eigenvalue weighted by atomic mass is 10.0. The van der Waals surface area contributed by atoms with Gasteiger partial charge in [0.25, 0.3) is 0 Å². The topological polar surface area (TPSA) is 0 Å². The van der Waals surface area contributed by atoms with Gasteiger partial charge in [-0.15, -0.1) is 0 Å². The smallest absolute Gasteiger partial charge is 0.108 e. The van der Waals surface area contributed by atoms with Gasteiger partial charge in [0.05, 0.1) is 0 Å². The van der Waals surface area contributed by atoms with Gasteiger partial charge in [0, 0.05) is 0 Å². The molecule has 0 amide bonds. The molecule has 0 bridgehead atoms. The standard InChI is InChI=1S/C14H27F/c1-3-4-5-6-7-8-9-11-14(2)12-10-13-15/h10,12,14H,3-9,11,13H2,1-2H3. The Hall–Kier alpha value is -0.330. The molecule has 0 aliphatic carbocycles. The van der Waals surface area contributed by atoms with Gasteiger partial charge in [-0.1, -0.05) is 70.9 Å². The van der Waals surface area contributed by atoms with E-state index in [9.17, 15) is 4.39 Å². The average molecular weight is 214 g/mol. The molecule has 0 aliphatic rings. The number of alkyl halides is 1. The summed E-state index contributed by atoms with van der Waals surface area (Å²) in [5.74, 6) is 0.552. The lowest BCUT2D eigenvalue weighted by molar-refractivity contribution is 0.530. The number of allylic oxidation sites excluding steroid dienone is 2. The summed E-state index contributed by atoms with van der Waals surface area (Å²) >= 11 is 0. The highest BCUT2D eigenvalue weighted by Gasteiger charge is 1.96. The van der Waals surface area contributed by atoms with E-state index in [1.807, 2.05) is 6.08 Å². The highest BCUT2D eigenvalue weighted by Crippen LogP contribution is 2.13. The van der Waals surface area contributed by atoms with E-state index < -0.39 is 0 Å². The van der Waals surface area contributed by atoms with Crippen molar-refractivity contribution in [3.05, 3.63) is 12.2 Å². The SMILES string of the molecule is CCCCCCCCCC(C)C=CCF. The monoisotopic (exact) mass is 214 g/mol. The summed E-state index contributed by atoms with van der Waals surface area (Å²) < 4.78 is 11.8. The van der Waals surface area contributed by atoms with Crippen LogP contribution in [-0.4, -0.2) is 6.67 Å². The van der Waals surface area contributed by atoms with Gasteiger partial charge in [0.1, 0.15) is 6.67 Å². The van der Waals surface area contributed by atoms with Crippen molar-refractivity contribution in [1.82, 2.24) is 0 Å². The molecule has 0 rings (SSSR count). The molecule has 1 unspecified atom stereocenters. The van der Waals surface area contributed by atoms with Gasteiger partial charge < -0.3 is 0 Å². The lowest BCUT2D eigenvalue weighted by Crippen LogP contribution is -1.90. The van der Waals surface area contributed by atoms with Crippen molar-refractivity contribution in [2.75, 3.05) is 6.67 Å². The third kappa shape index (κ3) is 11.6.